The Labute approximate surface area is 105 Å². The summed E-state index contributed by atoms with van der Waals surface area (Å²) in [5.74, 6) is 0. The van der Waals surface area contributed by atoms with E-state index in [-0.39, 0.29) is 15.0 Å². The summed E-state index contributed by atoms with van der Waals surface area (Å²) >= 11 is 0.267. The van der Waals surface area contributed by atoms with Crippen LogP contribution in [0, 0.1) is 10.9 Å². The summed E-state index contributed by atoms with van der Waals surface area (Å²) in [7, 11) is 0. The van der Waals surface area contributed by atoms with Crippen molar-refractivity contribution in [3.05, 3.63) is 30.3 Å². The second kappa shape index (κ2) is 6.63. The Balaban J connectivity index is 2.60. The van der Waals surface area contributed by atoms with E-state index in [1.165, 1.54) is 4.46 Å². The van der Waals surface area contributed by atoms with Crippen LogP contribution < -0.4 is 4.46 Å². The van der Waals surface area contributed by atoms with Gasteiger partial charge in [0, 0.05) is 0 Å². The van der Waals surface area contributed by atoms with Gasteiger partial charge in [0.25, 0.3) is 0 Å². The van der Waals surface area contributed by atoms with Crippen molar-refractivity contribution >= 4 is 19.4 Å². The van der Waals surface area contributed by atoms with E-state index in [4.69, 9.17) is 0 Å². The second-order valence-corrected chi connectivity index (χ2v) is 6.07. The fourth-order valence-electron chi connectivity index (χ4n) is 1.48. The first-order chi connectivity index (χ1) is 7.61. The van der Waals surface area contributed by atoms with Gasteiger partial charge >= 0.3 is 105 Å². The summed E-state index contributed by atoms with van der Waals surface area (Å²) < 4.78 is 1.34. The summed E-state index contributed by atoms with van der Waals surface area (Å²) in [6.45, 7) is 8.74. The summed E-state index contributed by atoms with van der Waals surface area (Å²) in [5, 5.41) is 0. The van der Waals surface area contributed by atoms with Crippen molar-refractivity contribution in [1.29, 1.82) is 0 Å². The van der Waals surface area contributed by atoms with Crippen molar-refractivity contribution in [3.8, 4) is 10.9 Å². The molecule has 1 nitrogen and oxygen atoms in total. The standard InChI is InChI=1S/C14H19NSe/c1-12(2)15(13(3)4)10-11-16-14-8-6-5-7-9-14/h5-9,12-13H,1-4H3. The zero-order chi connectivity index (χ0) is 12.0. The predicted octanol–water partition coefficient (Wildman–Crippen LogP) is 2.05. The summed E-state index contributed by atoms with van der Waals surface area (Å²) in [6.07, 6.45) is 0. The molecule has 0 spiro atoms. The van der Waals surface area contributed by atoms with Gasteiger partial charge in [0.15, 0.2) is 0 Å². The first-order valence-corrected chi connectivity index (χ1v) is 7.33. The van der Waals surface area contributed by atoms with Crippen molar-refractivity contribution in [2.75, 3.05) is 0 Å². The van der Waals surface area contributed by atoms with Crippen molar-refractivity contribution in [2.45, 2.75) is 39.8 Å². The number of benzene rings is 1. The molecule has 0 unspecified atom stereocenters. The molecule has 0 saturated heterocycles. The summed E-state index contributed by atoms with van der Waals surface area (Å²) in [5.41, 5.74) is 0. The van der Waals surface area contributed by atoms with Crippen LogP contribution in [0.15, 0.2) is 30.3 Å². The van der Waals surface area contributed by atoms with Gasteiger partial charge < -0.3 is 0 Å². The topological polar surface area (TPSA) is 3.24 Å². The maximum absolute atomic E-state index is 3.30. The SMILES string of the molecule is CC(C)N(C#C[Se]c1ccccc1)C(C)C. The number of nitrogens with zero attached hydrogens (tertiary/aromatic N) is 1. The van der Waals surface area contributed by atoms with Crippen LogP contribution in [0.3, 0.4) is 0 Å². The van der Waals surface area contributed by atoms with Gasteiger partial charge in [-0.3, -0.25) is 0 Å². The molecule has 0 radical (unpaired) electrons. The Morgan fingerprint density at radius 1 is 1.00 bits per heavy atom. The third-order valence-electron chi connectivity index (χ3n) is 2.20. The molecule has 0 aliphatic heterocycles. The van der Waals surface area contributed by atoms with Gasteiger partial charge in [-0.05, 0) is 0 Å². The van der Waals surface area contributed by atoms with Gasteiger partial charge in [0.2, 0.25) is 0 Å². The molecule has 0 N–H and O–H groups in total. The average molecular weight is 280 g/mol. The molecular weight excluding hydrogens is 261 g/mol. The Kier molecular flexibility index (Phi) is 5.46. The van der Waals surface area contributed by atoms with E-state index in [2.05, 4.69) is 67.7 Å². The van der Waals surface area contributed by atoms with Crippen LogP contribution in [0.2, 0.25) is 0 Å². The van der Waals surface area contributed by atoms with E-state index in [1.807, 2.05) is 6.07 Å². The van der Waals surface area contributed by atoms with Gasteiger partial charge in [0.1, 0.15) is 0 Å². The molecule has 0 fully saturated rings. The minimum atomic E-state index is 0.267. The van der Waals surface area contributed by atoms with E-state index in [1.54, 1.807) is 0 Å². The first-order valence-electron chi connectivity index (χ1n) is 5.62. The number of hydrogen-bond donors (Lipinski definition) is 0. The van der Waals surface area contributed by atoms with E-state index in [0.717, 1.165) is 0 Å². The van der Waals surface area contributed by atoms with Gasteiger partial charge in [-0.15, -0.1) is 0 Å². The summed E-state index contributed by atoms with van der Waals surface area (Å²) in [6, 6.07) is 14.7. The third-order valence-corrected chi connectivity index (χ3v) is 3.67. The zero-order valence-corrected chi connectivity index (χ0v) is 12.1. The van der Waals surface area contributed by atoms with E-state index in [0.29, 0.717) is 12.1 Å². The first kappa shape index (κ1) is 13.2. The number of hydrogen-bond acceptors (Lipinski definition) is 1. The van der Waals surface area contributed by atoms with Crippen LogP contribution in [0.25, 0.3) is 0 Å². The Bertz CT molecular complexity index is 351. The molecular formula is C14H19NSe. The van der Waals surface area contributed by atoms with Gasteiger partial charge in [-0.1, -0.05) is 0 Å². The maximum atomic E-state index is 3.30. The van der Waals surface area contributed by atoms with E-state index < -0.39 is 0 Å². The van der Waals surface area contributed by atoms with Crippen LogP contribution >= 0.6 is 0 Å². The minimum absolute atomic E-state index is 0.267. The van der Waals surface area contributed by atoms with Crippen LogP contribution in [-0.4, -0.2) is 31.9 Å². The molecule has 0 atom stereocenters. The Hall–Kier alpha value is -0.901. The zero-order valence-electron chi connectivity index (χ0n) is 10.4. The molecule has 1 rings (SSSR count). The van der Waals surface area contributed by atoms with Crippen LogP contribution in [0.4, 0.5) is 0 Å². The van der Waals surface area contributed by atoms with Crippen molar-refractivity contribution in [3.63, 3.8) is 0 Å². The molecule has 0 aliphatic rings. The molecule has 0 aliphatic carbocycles. The van der Waals surface area contributed by atoms with Gasteiger partial charge in [-0.25, -0.2) is 0 Å². The molecule has 0 amide bonds. The second-order valence-electron chi connectivity index (χ2n) is 4.22. The van der Waals surface area contributed by atoms with Gasteiger partial charge in [-0.2, -0.15) is 0 Å². The van der Waals surface area contributed by atoms with Crippen LogP contribution in [-0.2, 0) is 0 Å². The molecule has 0 heterocycles. The fourth-order valence-corrected chi connectivity index (χ4v) is 2.66. The van der Waals surface area contributed by atoms with Crippen LogP contribution in [0.1, 0.15) is 27.7 Å². The van der Waals surface area contributed by atoms with Crippen molar-refractivity contribution < 1.29 is 0 Å². The van der Waals surface area contributed by atoms with Gasteiger partial charge in [0.05, 0.1) is 0 Å². The predicted molar refractivity (Wildman–Crippen MR) is 71.7 cm³/mol. The molecule has 16 heavy (non-hydrogen) atoms. The molecule has 1 aromatic carbocycles. The molecule has 2 heteroatoms. The quantitative estimate of drug-likeness (QED) is 0.465. The van der Waals surface area contributed by atoms with E-state index in [9.17, 15) is 0 Å². The van der Waals surface area contributed by atoms with Crippen molar-refractivity contribution in [2.24, 2.45) is 0 Å². The third kappa shape index (κ3) is 4.31. The monoisotopic (exact) mass is 281 g/mol. The van der Waals surface area contributed by atoms with Crippen molar-refractivity contribution in [1.82, 2.24) is 4.90 Å². The fraction of sp³-hybridized carbons (Fsp3) is 0.429. The Morgan fingerprint density at radius 3 is 2.06 bits per heavy atom. The number of rotatable bonds is 3. The van der Waals surface area contributed by atoms with E-state index >= 15 is 0 Å². The molecule has 0 aromatic heterocycles. The Morgan fingerprint density at radius 2 is 1.56 bits per heavy atom. The molecule has 0 saturated carbocycles. The normalized spacial score (nSPS) is 10.1. The average Bonchev–Trinajstić information content (AvgIpc) is 2.24. The molecule has 1 aromatic rings. The summed E-state index contributed by atoms with van der Waals surface area (Å²) in [4.78, 5) is 5.52. The van der Waals surface area contributed by atoms with Crippen LogP contribution in [0.5, 0.6) is 0 Å². The molecule has 86 valence electrons. The molecule has 0 bridgehead atoms.